The number of ether oxygens (including phenoxy) is 2. The molecule has 1 saturated carbocycles. The van der Waals surface area contributed by atoms with Gasteiger partial charge in [0.05, 0.1) is 7.11 Å². The molecule has 0 radical (unpaired) electrons. The molecule has 1 amide bonds. The maximum absolute atomic E-state index is 12.3. The van der Waals surface area contributed by atoms with Gasteiger partial charge in [-0.2, -0.15) is 0 Å². The lowest BCUT2D eigenvalue weighted by atomic mass is 9.53. The van der Waals surface area contributed by atoms with E-state index >= 15 is 0 Å². The van der Waals surface area contributed by atoms with Crippen LogP contribution in [0.3, 0.4) is 0 Å². The number of carbonyl (C=O) groups excluding carboxylic acids is 1. The summed E-state index contributed by atoms with van der Waals surface area (Å²) in [6.45, 7) is 7.33. The van der Waals surface area contributed by atoms with Crippen LogP contribution in [0.15, 0.2) is 24.3 Å². The minimum absolute atomic E-state index is 0.175. The van der Waals surface area contributed by atoms with Crippen molar-refractivity contribution in [2.45, 2.75) is 58.0 Å². The second kappa shape index (κ2) is 6.30. The molecule has 132 valence electrons. The van der Waals surface area contributed by atoms with Crippen LogP contribution in [0.4, 0.5) is 4.79 Å². The second-order valence-electron chi connectivity index (χ2n) is 8.16. The molecule has 1 aliphatic carbocycles. The minimum Gasteiger partial charge on any atom is -0.496 e. The summed E-state index contributed by atoms with van der Waals surface area (Å²) < 4.78 is 11.1. The van der Waals surface area contributed by atoms with E-state index in [9.17, 15) is 4.79 Å². The number of para-hydroxylation sites is 1. The Morgan fingerprint density at radius 3 is 2.38 bits per heavy atom. The predicted molar refractivity (Wildman–Crippen MR) is 94.4 cm³/mol. The van der Waals surface area contributed by atoms with E-state index in [-0.39, 0.29) is 6.09 Å². The fraction of sp³-hybridized carbons (Fsp3) is 0.650. The Hall–Kier alpha value is -1.71. The van der Waals surface area contributed by atoms with Crippen molar-refractivity contribution >= 4 is 6.09 Å². The van der Waals surface area contributed by atoms with E-state index in [2.05, 4.69) is 18.2 Å². The lowest BCUT2D eigenvalue weighted by Gasteiger charge is -2.54. The van der Waals surface area contributed by atoms with Gasteiger partial charge in [0.25, 0.3) is 0 Å². The van der Waals surface area contributed by atoms with Gasteiger partial charge in [-0.05, 0) is 69.4 Å². The second-order valence-corrected chi connectivity index (χ2v) is 8.16. The highest BCUT2D eigenvalue weighted by atomic mass is 16.6. The van der Waals surface area contributed by atoms with Crippen molar-refractivity contribution in [2.75, 3.05) is 20.2 Å². The third-order valence-corrected chi connectivity index (χ3v) is 5.60. The average molecular weight is 331 g/mol. The first-order chi connectivity index (χ1) is 11.3. The Morgan fingerprint density at radius 2 is 1.83 bits per heavy atom. The van der Waals surface area contributed by atoms with Crippen LogP contribution in [0.1, 0.15) is 57.9 Å². The molecule has 0 bridgehead atoms. The minimum atomic E-state index is -0.428. The first kappa shape index (κ1) is 17.1. The summed E-state index contributed by atoms with van der Waals surface area (Å²) in [5, 5.41) is 0. The van der Waals surface area contributed by atoms with Crippen LogP contribution in [0.2, 0.25) is 0 Å². The number of carbonyl (C=O) groups is 1. The molecule has 4 heteroatoms. The zero-order valence-corrected chi connectivity index (χ0v) is 15.3. The van der Waals surface area contributed by atoms with E-state index < -0.39 is 5.60 Å². The Bertz CT molecular complexity index is 597. The molecule has 1 aromatic carbocycles. The molecule has 1 aromatic rings. The first-order valence-electron chi connectivity index (χ1n) is 8.95. The molecule has 4 nitrogen and oxygen atoms in total. The lowest BCUT2D eigenvalue weighted by Crippen LogP contribution is -2.50. The lowest BCUT2D eigenvalue weighted by molar-refractivity contribution is -0.0170. The highest BCUT2D eigenvalue weighted by Crippen LogP contribution is 2.60. The van der Waals surface area contributed by atoms with Gasteiger partial charge in [-0.25, -0.2) is 4.79 Å². The molecule has 1 unspecified atom stereocenters. The number of amides is 1. The van der Waals surface area contributed by atoms with E-state index in [1.54, 1.807) is 7.11 Å². The normalized spacial score (nSPS) is 22.8. The molecular formula is C20H29NO3. The van der Waals surface area contributed by atoms with Crippen molar-refractivity contribution in [1.82, 2.24) is 4.90 Å². The van der Waals surface area contributed by atoms with Crippen molar-refractivity contribution in [3.05, 3.63) is 29.8 Å². The van der Waals surface area contributed by atoms with Crippen LogP contribution in [-0.4, -0.2) is 36.8 Å². The van der Waals surface area contributed by atoms with Crippen LogP contribution < -0.4 is 4.74 Å². The Balaban J connectivity index is 1.66. The van der Waals surface area contributed by atoms with Gasteiger partial charge in [-0.3, -0.25) is 0 Å². The summed E-state index contributed by atoms with van der Waals surface area (Å²) in [5.74, 6) is 1.55. The third-order valence-electron chi connectivity index (χ3n) is 5.60. The van der Waals surface area contributed by atoms with E-state index in [4.69, 9.17) is 9.47 Å². The first-order valence-corrected chi connectivity index (χ1v) is 8.95. The van der Waals surface area contributed by atoms with E-state index in [1.807, 2.05) is 31.7 Å². The van der Waals surface area contributed by atoms with Crippen molar-refractivity contribution in [2.24, 2.45) is 5.41 Å². The van der Waals surface area contributed by atoms with Gasteiger partial charge in [0.15, 0.2) is 0 Å². The number of likely N-dealkylation sites (tertiary alicyclic amines) is 1. The number of rotatable bonds is 2. The van der Waals surface area contributed by atoms with Gasteiger partial charge in [0, 0.05) is 13.1 Å². The number of piperidine rings is 1. The van der Waals surface area contributed by atoms with Crippen LogP contribution in [0.25, 0.3) is 0 Å². The van der Waals surface area contributed by atoms with Crippen molar-refractivity contribution in [1.29, 1.82) is 0 Å². The maximum atomic E-state index is 12.3. The monoisotopic (exact) mass is 331 g/mol. The Labute approximate surface area is 145 Å². The predicted octanol–water partition coefficient (Wildman–Crippen LogP) is 4.59. The number of nitrogens with zero attached hydrogens (tertiary/aromatic N) is 1. The average Bonchev–Trinajstić information content (AvgIpc) is 2.53. The Kier molecular flexibility index (Phi) is 4.50. The van der Waals surface area contributed by atoms with Crippen LogP contribution >= 0.6 is 0 Å². The molecule has 0 N–H and O–H groups in total. The molecule has 1 saturated heterocycles. The highest BCUT2D eigenvalue weighted by molar-refractivity contribution is 5.68. The van der Waals surface area contributed by atoms with Gasteiger partial charge >= 0.3 is 6.09 Å². The molecule has 1 aliphatic heterocycles. The molecule has 24 heavy (non-hydrogen) atoms. The Morgan fingerprint density at radius 1 is 1.17 bits per heavy atom. The SMILES string of the molecule is COc1ccccc1C1CCC12CCN(C(=O)OC(C)(C)C)CC2. The summed E-state index contributed by atoms with van der Waals surface area (Å²) in [6.07, 6.45) is 4.39. The summed E-state index contributed by atoms with van der Waals surface area (Å²) in [7, 11) is 1.75. The van der Waals surface area contributed by atoms with Crippen molar-refractivity contribution in [3.63, 3.8) is 0 Å². The molecular weight excluding hydrogens is 302 g/mol. The fourth-order valence-electron chi connectivity index (χ4n) is 4.20. The summed E-state index contributed by atoms with van der Waals surface area (Å²) in [4.78, 5) is 14.1. The largest absolute Gasteiger partial charge is 0.496 e. The van der Waals surface area contributed by atoms with E-state index in [1.165, 1.54) is 18.4 Å². The van der Waals surface area contributed by atoms with Gasteiger partial charge < -0.3 is 14.4 Å². The van der Waals surface area contributed by atoms with E-state index in [0.717, 1.165) is 31.7 Å². The molecule has 2 aliphatic rings. The van der Waals surface area contributed by atoms with Crippen molar-refractivity contribution < 1.29 is 14.3 Å². The molecule has 3 rings (SSSR count). The smallest absolute Gasteiger partial charge is 0.410 e. The van der Waals surface area contributed by atoms with Gasteiger partial charge in [-0.15, -0.1) is 0 Å². The molecule has 1 spiro atoms. The van der Waals surface area contributed by atoms with Crippen molar-refractivity contribution in [3.8, 4) is 5.75 Å². The third kappa shape index (κ3) is 3.24. The highest BCUT2D eigenvalue weighted by Gasteiger charge is 2.50. The van der Waals surface area contributed by atoms with Crippen LogP contribution in [0, 0.1) is 5.41 Å². The molecule has 2 fully saturated rings. The van der Waals surface area contributed by atoms with Gasteiger partial charge in [-0.1, -0.05) is 18.2 Å². The summed E-state index contributed by atoms with van der Waals surface area (Å²) >= 11 is 0. The summed E-state index contributed by atoms with van der Waals surface area (Å²) in [5.41, 5.74) is 1.23. The van der Waals surface area contributed by atoms with Crippen LogP contribution in [-0.2, 0) is 4.74 Å². The standard InChI is InChI=1S/C20H29NO3/c1-19(2,3)24-18(22)21-13-11-20(12-14-21)10-9-16(20)15-7-5-6-8-17(15)23-4/h5-8,16H,9-14H2,1-4H3. The number of hydrogen-bond donors (Lipinski definition) is 0. The number of benzene rings is 1. The maximum Gasteiger partial charge on any atom is 0.410 e. The van der Waals surface area contributed by atoms with Gasteiger partial charge in [0.1, 0.15) is 11.4 Å². The number of hydrogen-bond acceptors (Lipinski definition) is 3. The molecule has 0 aromatic heterocycles. The van der Waals surface area contributed by atoms with Crippen LogP contribution in [0.5, 0.6) is 5.75 Å². The summed E-state index contributed by atoms with van der Waals surface area (Å²) in [6, 6.07) is 8.38. The quantitative estimate of drug-likeness (QED) is 0.795. The van der Waals surface area contributed by atoms with E-state index in [0.29, 0.717) is 11.3 Å². The fourth-order valence-corrected chi connectivity index (χ4v) is 4.20. The van der Waals surface area contributed by atoms with Gasteiger partial charge in [0.2, 0.25) is 0 Å². The molecule has 1 atom stereocenters. The molecule has 1 heterocycles. The zero-order chi connectivity index (χ0) is 17.4. The zero-order valence-electron chi connectivity index (χ0n) is 15.3. The number of methoxy groups -OCH3 is 1. The topological polar surface area (TPSA) is 38.8 Å².